The first-order valence-corrected chi connectivity index (χ1v) is 18.7. The van der Waals surface area contributed by atoms with Gasteiger partial charge >= 0.3 is 12.4 Å². The van der Waals surface area contributed by atoms with Crippen LogP contribution >= 0.6 is 11.6 Å². The standard InChI is InChI=1S/C42H31ClF7N3O7/c1-59-31-13-19(14-32(60-2)35(31)54)34-27-11-12-28-33(38(57)52(36(28)55)26-16-21(41(45,46)47)15-22(17-26)42(48,49)50)29(27)18-30-37(56)53(51-25-9-7-24(44)8-10-25)39(58)40(30,34)20-3-5-23(43)6-4-20/h3-11,13-17,28-30,33-34,51,54H,12,18H2,1-2H3. The van der Waals surface area contributed by atoms with E-state index in [1.165, 1.54) is 50.6 Å². The van der Waals surface area contributed by atoms with Crippen LogP contribution in [0.2, 0.25) is 5.02 Å². The Bertz CT molecular complexity index is 2440. The number of nitrogens with one attached hydrogen (secondary N) is 1. The Labute approximate surface area is 341 Å². The average Bonchev–Trinajstić information content (AvgIpc) is 3.58. The molecule has 4 aliphatic rings. The second kappa shape index (κ2) is 14.3. The number of nitrogens with zero attached hydrogens (tertiary/aromatic N) is 2. The third kappa shape index (κ3) is 6.23. The Morgan fingerprint density at radius 2 is 1.37 bits per heavy atom. The number of rotatable bonds is 7. The van der Waals surface area contributed by atoms with E-state index in [-0.39, 0.29) is 52.2 Å². The molecule has 4 amide bonds. The van der Waals surface area contributed by atoms with Crippen LogP contribution < -0.4 is 19.8 Å². The third-order valence-corrected chi connectivity index (χ3v) is 12.2. The molecule has 10 nitrogen and oxygen atoms in total. The molecule has 18 heteroatoms. The van der Waals surface area contributed by atoms with Crippen molar-refractivity contribution in [2.75, 3.05) is 24.5 Å². The maximum Gasteiger partial charge on any atom is 0.416 e. The average molecular weight is 858 g/mol. The second-order valence-corrected chi connectivity index (χ2v) is 15.4. The first kappa shape index (κ1) is 40.7. The molecule has 2 aliphatic heterocycles. The molecule has 1 saturated carbocycles. The quantitative estimate of drug-likeness (QED) is 0.108. The number of hydrazine groups is 1. The van der Waals surface area contributed by atoms with Crippen molar-refractivity contribution >= 4 is 46.6 Å². The fourth-order valence-electron chi connectivity index (χ4n) is 9.43. The highest BCUT2D eigenvalue weighted by atomic mass is 35.5. The Morgan fingerprint density at radius 1 is 0.783 bits per heavy atom. The molecule has 2 N–H and O–H groups in total. The van der Waals surface area contributed by atoms with Crippen molar-refractivity contribution in [1.29, 1.82) is 0 Å². The lowest BCUT2D eigenvalue weighted by molar-refractivity contribution is -0.143. The maximum absolute atomic E-state index is 15.4. The van der Waals surface area contributed by atoms with Crippen LogP contribution in [0.15, 0.2) is 90.5 Å². The van der Waals surface area contributed by atoms with Gasteiger partial charge < -0.3 is 14.6 Å². The van der Waals surface area contributed by atoms with Gasteiger partial charge in [-0.3, -0.25) is 24.6 Å². The fraction of sp³-hybridized carbons (Fsp3) is 0.286. The summed E-state index contributed by atoms with van der Waals surface area (Å²) < 4.78 is 109. The predicted octanol–water partition coefficient (Wildman–Crippen LogP) is 8.43. The number of phenolic OH excluding ortho intramolecular Hbond substituents is 1. The molecule has 0 bridgehead atoms. The van der Waals surface area contributed by atoms with E-state index in [2.05, 4.69) is 5.43 Å². The molecular weight excluding hydrogens is 827 g/mol. The van der Waals surface area contributed by atoms with Gasteiger partial charge in [0.25, 0.3) is 11.8 Å². The SMILES string of the molecule is COc1cc(C2C3=CCC4C(=O)N(c5cc(C(F)(F)F)cc(C(F)(F)F)c5)C(=O)C4C3CC3C(=O)N(Nc4ccc(F)cc4)C(=O)C32c2ccc(Cl)cc2)cc(OC)c1O. The number of benzene rings is 4. The zero-order valence-electron chi connectivity index (χ0n) is 31.2. The molecule has 6 unspecified atom stereocenters. The molecule has 312 valence electrons. The lowest BCUT2D eigenvalue weighted by Gasteiger charge is -2.50. The van der Waals surface area contributed by atoms with Crippen molar-refractivity contribution in [2.24, 2.45) is 23.7 Å². The molecule has 2 heterocycles. The summed E-state index contributed by atoms with van der Waals surface area (Å²) in [5.41, 5.74) is -2.47. The van der Waals surface area contributed by atoms with Gasteiger partial charge in [0.2, 0.25) is 17.6 Å². The smallest absolute Gasteiger partial charge is 0.416 e. The van der Waals surface area contributed by atoms with Gasteiger partial charge in [-0.25, -0.2) is 9.29 Å². The van der Waals surface area contributed by atoms with Gasteiger partial charge in [0.05, 0.1) is 59.9 Å². The van der Waals surface area contributed by atoms with Crippen LogP contribution in [0.1, 0.15) is 41.0 Å². The minimum atomic E-state index is -5.28. The number of halogens is 8. The molecule has 8 rings (SSSR count). The van der Waals surface area contributed by atoms with E-state index in [1.54, 1.807) is 18.2 Å². The van der Waals surface area contributed by atoms with Crippen LogP contribution in [0.25, 0.3) is 0 Å². The molecule has 0 radical (unpaired) electrons. The highest BCUT2D eigenvalue weighted by molar-refractivity contribution is 6.30. The molecule has 4 aromatic rings. The number of fused-ring (bicyclic) bond motifs is 4. The summed E-state index contributed by atoms with van der Waals surface area (Å²) in [6.07, 6.45) is -9.48. The molecule has 2 saturated heterocycles. The Morgan fingerprint density at radius 3 is 1.92 bits per heavy atom. The summed E-state index contributed by atoms with van der Waals surface area (Å²) in [6.45, 7) is 0. The number of alkyl halides is 6. The van der Waals surface area contributed by atoms with Crippen molar-refractivity contribution in [2.45, 2.75) is 36.5 Å². The van der Waals surface area contributed by atoms with Crippen LogP contribution in [0.5, 0.6) is 17.2 Å². The summed E-state index contributed by atoms with van der Waals surface area (Å²) in [5.74, 6) is -11.3. The van der Waals surface area contributed by atoms with Crippen LogP contribution in [0.4, 0.5) is 42.1 Å². The molecule has 4 aromatic carbocycles. The van der Waals surface area contributed by atoms with Gasteiger partial charge in [-0.2, -0.15) is 31.4 Å². The number of imide groups is 2. The highest BCUT2D eigenvalue weighted by Gasteiger charge is 2.70. The summed E-state index contributed by atoms with van der Waals surface area (Å²) in [5, 5.41) is 12.0. The summed E-state index contributed by atoms with van der Waals surface area (Å²) in [7, 11) is 2.52. The van der Waals surface area contributed by atoms with E-state index in [0.717, 1.165) is 17.1 Å². The number of aromatic hydroxyl groups is 1. The molecule has 60 heavy (non-hydrogen) atoms. The van der Waals surface area contributed by atoms with Crippen molar-refractivity contribution in [3.8, 4) is 17.2 Å². The van der Waals surface area contributed by atoms with Gasteiger partial charge in [-0.1, -0.05) is 35.4 Å². The Kier molecular flexibility index (Phi) is 9.68. The largest absolute Gasteiger partial charge is 0.502 e. The lowest BCUT2D eigenvalue weighted by atomic mass is 9.49. The van der Waals surface area contributed by atoms with Crippen molar-refractivity contribution < 1.29 is 64.5 Å². The summed E-state index contributed by atoms with van der Waals surface area (Å²) in [6, 6.07) is 14.2. The van der Waals surface area contributed by atoms with Gasteiger partial charge in [0, 0.05) is 10.9 Å². The van der Waals surface area contributed by atoms with E-state index < -0.39 is 99.4 Å². The topological polar surface area (TPSA) is 125 Å². The van der Waals surface area contributed by atoms with Gasteiger partial charge in [0.15, 0.2) is 11.5 Å². The molecular formula is C42H31ClF7N3O7. The number of methoxy groups -OCH3 is 2. The van der Waals surface area contributed by atoms with Gasteiger partial charge in [0.1, 0.15) is 5.82 Å². The number of anilines is 2. The van der Waals surface area contributed by atoms with Crippen LogP contribution in [-0.4, -0.2) is 48.0 Å². The number of amides is 4. The first-order valence-electron chi connectivity index (χ1n) is 18.3. The number of hydrogen-bond acceptors (Lipinski definition) is 8. The maximum atomic E-state index is 15.4. The normalized spacial score (nSPS) is 25.2. The van der Waals surface area contributed by atoms with Crippen LogP contribution in [-0.2, 0) is 36.9 Å². The molecule has 3 fully saturated rings. The van der Waals surface area contributed by atoms with Crippen LogP contribution in [0.3, 0.4) is 0 Å². The number of allylic oxidation sites excluding steroid dienone is 2. The van der Waals surface area contributed by atoms with E-state index in [0.29, 0.717) is 22.6 Å². The number of carbonyl (C=O) groups excluding carboxylic acids is 4. The van der Waals surface area contributed by atoms with Crippen molar-refractivity contribution in [1.82, 2.24) is 5.01 Å². The monoisotopic (exact) mass is 857 g/mol. The molecule has 2 aliphatic carbocycles. The third-order valence-electron chi connectivity index (χ3n) is 11.9. The Balaban J connectivity index is 1.34. The minimum Gasteiger partial charge on any atom is -0.502 e. The predicted molar refractivity (Wildman–Crippen MR) is 199 cm³/mol. The zero-order valence-corrected chi connectivity index (χ0v) is 32.0. The molecule has 0 aromatic heterocycles. The first-order chi connectivity index (χ1) is 28.3. The fourth-order valence-corrected chi connectivity index (χ4v) is 9.56. The lowest BCUT2D eigenvalue weighted by Crippen LogP contribution is -2.53. The highest BCUT2D eigenvalue weighted by Crippen LogP contribution is 2.65. The Hall–Kier alpha value is -6.10. The van der Waals surface area contributed by atoms with E-state index >= 15 is 4.79 Å². The minimum absolute atomic E-state index is 0.107. The summed E-state index contributed by atoms with van der Waals surface area (Å²) >= 11 is 6.31. The van der Waals surface area contributed by atoms with Gasteiger partial charge in [-0.15, -0.1) is 0 Å². The van der Waals surface area contributed by atoms with Crippen molar-refractivity contribution in [3.05, 3.63) is 124 Å². The van der Waals surface area contributed by atoms with Crippen molar-refractivity contribution in [3.63, 3.8) is 0 Å². The molecule has 6 atom stereocenters. The van der Waals surface area contributed by atoms with Gasteiger partial charge in [-0.05, 0) is 96.6 Å². The second-order valence-electron chi connectivity index (χ2n) is 14.9. The molecule has 0 spiro atoms. The zero-order chi connectivity index (χ0) is 43.2. The van der Waals surface area contributed by atoms with E-state index in [1.807, 2.05) is 0 Å². The number of hydrogen-bond donors (Lipinski definition) is 2. The number of ether oxygens (including phenoxy) is 2. The van der Waals surface area contributed by atoms with E-state index in [9.17, 15) is 50.2 Å². The number of carbonyl (C=O) groups is 4. The summed E-state index contributed by atoms with van der Waals surface area (Å²) in [4.78, 5) is 59.3. The number of phenols is 1. The van der Waals surface area contributed by atoms with Crippen LogP contribution in [0, 0.1) is 29.5 Å². The van der Waals surface area contributed by atoms with E-state index in [4.69, 9.17) is 21.1 Å².